The van der Waals surface area contributed by atoms with Gasteiger partial charge in [-0.15, -0.1) is 0 Å². The zero-order valence-electron chi connectivity index (χ0n) is 15.0. The number of nitrogens with zero attached hydrogens (tertiary/aromatic N) is 1. The Morgan fingerprint density at radius 2 is 1.79 bits per heavy atom. The van der Waals surface area contributed by atoms with E-state index in [9.17, 15) is 17.6 Å². The van der Waals surface area contributed by atoms with E-state index in [1.165, 1.54) is 36.4 Å². The molecule has 0 bridgehead atoms. The fourth-order valence-electron chi connectivity index (χ4n) is 2.54. The molecule has 6 nitrogen and oxygen atoms in total. The summed E-state index contributed by atoms with van der Waals surface area (Å²) in [7, 11) is -4.05. The van der Waals surface area contributed by atoms with Crippen LogP contribution in [-0.4, -0.2) is 19.3 Å². The summed E-state index contributed by atoms with van der Waals surface area (Å²) in [5.41, 5.74) is 1.56. The summed E-state index contributed by atoms with van der Waals surface area (Å²) in [5, 5.41) is 2.75. The SMILES string of the molecule is Cc1ccc(S(=O)(=O)Nc2ccccc2F)cc1C(=O)NCc1ccncc1. The van der Waals surface area contributed by atoms with Gasteiger partial charge in [-0.1, -0.05) is 18.2 Å². The highest BCUT2D eigenvalue weighted by Gasteiger charge is 2.19. The highest BCUT2D eigenvalue weighted by Crippen LogP contribution is 2.21. The summed E-state index contributed by atoms with van der Waals surface area (Å²) in [5.74, 6) is -1.09. The second-order valence-electron chi connectivity index (χ2n) is 6.10. The Labute approximate surface area is 162 Å². The number of sulfonamides is 1. The second-order valence-corrected chi connectivity index (χ2v) is 7.78. The predicted molar refractivity (Wildman–Crippen MR) is 104 cm³/mol. The highest BCUT2D eigenvalue weighted by molar-refractivity contribution is 7.92. The number of amides is 1. The van der Waals surface area contributed by atoms with E-state index in [4.69, 9.17) is 0 Å². The Balaban J connectivity index is 1.82. The molecule has 0 atom stereocenters. The predicted octanol–water partition coefficient (Wildman–Crippen LogP) is 3.26. The Bertz CT molecular complexity index is 1100. The maximum absolute atomic E-state index is 13.8. The summed E-state index contributed by atoms with van der Waals surface area (Å²) < 4.78 is 41.2. The van der Waals surface area contributed by atoms with Gasteiger partial charge in [0.15, 0.2) is 0 Å². The van der Waals surface area contributed by atoms with Crippen LogP contribution in [0.3, 0.4) is 0 Å². The van der Waals surface area contributed by atoms with Gasteiger partial charge in [0, 0.05) is 24.5 Å². The Morgan fingerprint density at radius 1 is 1.07 bits per heavy atom. The molecule has 0 unspecified atom stereocenters. The molecule has 1 heterocycles. The summed E-state index contributed by atoms with van der Waals surface area (Å²) in [6.07, 6.45) is 3.24. The molecule has 0 aliphatic rings. The molecule has 3 rings (SSSR count). The lowest BCUT2D eigenvalue weighted by Crippen LogP contribution is -2.24. The van der Waals surface area contributed by atoms with E-state index in [1.54, 1.807) is 31.5 Å². The first-order valence-corrected chi connectivity index (χ1v) is 9.90. The van der Waals surface area contributed by atoms with Crippen molar-refractivity contribution in [1.82, 2.24) is 10.3 Å². The van der Waals surface area contributed by atoms with Crippen molar-refractivity contribution in [3.05, 3.63) is 89.5 Å². The largest absolute Gasteiger partial charge is 0.348 e. The van der Waals surface area contributed by atoms with Gasteiger partial charge in [0.05, 0.1) is 10.6 Å². The fraction of sp³-hybridized carbons (Fsp3) is 0.100. The number of halogens is 1. The van der Waals surface area contributed by atoms with Crippen LogP contribution in [0.5, 0.6) is 0 Å². The second kappa shape index (κ2) is 8.18. The van der Waals surface area contributed by atoms with Gasteiger partial charge in [-0.25, -0.2) is 12.8 Å². The number of hydrogen-bond donors (Lipinski definition) is 2. The molecule has 0 fully saturated rings. The number of pyridine rings is 1. The normalized spacial score (nSPS) is 11.1. The van der Waals surface area contributed by atoms with Crippen molar-refractivity contribution in [2.24, 2.45) is 0 Å². The van der Waals surface area contributed by atoms with Gasteiger partial charge in [-0.3, -0.25) is 14.5 Å². The van der Waals surface area contributed by atoms with Crippen molar-refractivity contribution < 1.29 is 17.6 Å². The third-order valence-electron chi connectivity index (χ3n) is 4.08. The summed E-state index contributed by atoms with van der Waals surface area (Å²) in [6.45, 7) is 1.99. The van der Waals surface area contributed by atoms with Gasteiger partial charge >= 0.3 is 0 Å². The minimum atomic E-state index is -4.05. The first-order valence-electron chi connectivity index (χ1n) is 8.42. The van der Waals surface area contributed by atoms with Gasteiger partial charge in [0.25, 0.3) is 15.9 Å². The fourth-order valence-corrected chi connectivity index (χ4v) is 3.63. The van der Waals surface area contributed by atoms with E-state index in [1.807, 2.05) is 0 Å². The monoisotopic (exact) mass is 399 g/mol. The van der Waals surface area contributed by atoms with Crippen LogP contribution in [0.2, 0.25) is 0 Å². The zero-order valence-corrected chi connectivity index (χ0v) is 15.8. The zero-order chi connectivity index (χ0) is 20.1. The van der Waals surface area contributed by atoms with Gasteiger partial charge in [0.2, 0.25) is 0 Å². The van der Waals surface area contributed by atoms with Gasteiger partial charge in [-0.2, -0.15) is 0 Å². The summed E-state index contributed by atoms with van der Waals surface area (Å²) in [6, 6.07) is 13.2. The lowest BCUT2D eigenvalue weighted by Gasteiger charge is -2.12. The average molecular weight is 399 g/mol. The standard InChI is InChI=1S/C20H18FN3O3S/c1-14-6-7-16(28(26,27)24-19-5-3-2-4-18(19)21)12-17(14)20(25)23-13-15-8-10-22-11-9-15/h2-12,24H,13H2,1H3,(H,23,25). The third-order valence-corrected chi connectivity index (χ3v) is 5.45. The van der Waals surface area contributed by atoms with Gasteiger partial charge in [-0.05, 0) is 54.4 Å². The van der Waals surface area contributed by atoms with Crippen LogP contribution in [0.15, 0.2) is 71.9 Å². The maximum Gasteiger partial charge on any atom is 0.262 e. The minimum absolute atomic E-state index is 0.129. The summed E-state index contributed by atoms with van der Waals surface area (Å²) >= 11 is 0. The molecule has 0 aliphatic carbocycles. The number of carbonyl (C=O) groups excluding carboxylic acids is 1. The van der Waals surface area contributed by atoms with E-state index >= 15 is 0 Å². The third kappa shape index (κ3) is 4.52. The van der Waals surface area contributed by atoms with Crippen LogP contribution in [-0.2, 0) is 16.6 Å². The Morgan fingerprint density at radius 3 is 2.50 bits per heavy atom. The van der Waals surface area contributed by atoms with Crippen molar-refractivity contribution in [3.8, 4) is 0 Å². The minimum Gasteiger partial charge on any atom is -0.348 e. The van der Waals surface area contributed by atoms with Crippen molar-refractivity contribution in [1.29, 1.82) is 0 Å². The quantitative estimate of drug-likeness (QED) is 0.666. The van der Waals surface area contributed by atoms with E-state index in [-0.39, 0.29) is 22.7 Å². The van der Waals surface area contributed by atoms with Crippen LogP contribution in [0.25, 0.3) is 0 Å². The maximum atomic E-state index is 13.8. The number of carbonyl (C=O) groups is 1. The smallest absolute Gasteiger partial charge is 0.262 e. The number of aromatic nitrogens is 1. The molecule has 0 aliphatic heterocycles. The van der Waals surface area contributed by atoms with Crippen molar-refractivity contribution in [2.75, 3.05) is 4.72 Å². The van der Waals surface area contributed by atoms with Crippen molar-refractivity contribution >= 4 is 21.6 Å². The number of aryl methyl sites for hydroxylation is 1. The van der Waals surface area contributed by atoms with E-state index in [0.29, 0.717) is 5.56 Å². The number of rotatable bonds is 6. The Kier molecular flexibility index (Phi) is 5.70. The molecule has 8 heteroatoms. The number of anilines is 1. The topological polar surface area (TPSA) is 88.2 Å². The molecule has 0 spiro atoms. The molecule has 0 saturated carbocycles. The Hall–Kier alpha value is -3.26. The van der Waals surface area contributed by atoms with Crippen LogP contribution in [0.4, 0.5) is 10.1 Å². The first kappa shape index (κ1) is 19.5. The van der Waals surface area contributed by atoms with Crippen LogP contribution in [0.1, 0.15) is 21.5 Å². The number of nitrogens with one attached hydrogen (secondary N) is 2. The lowest BCUT2D eigenvalue weighted by molar-refractivity contribution is 0.0950. The van der Waals surface area contributed by atoms with Crippen LogP contribution < -0.4 is 10.0 Å². The molecule has 0 radical (unpaired) electrons. The molecule has 28 heavy (non-hydrogen) atoms. The number of hydrogen-bond acceptors (Lipinski definition) is 4. The lowest BCUT2D eigenvalue weighted by atomic mass is 10.1. The van der Waals surface area contributed by atoms with Crippen molar-refractivity contribution in [2.45, 2.75) is 18.4 Å². The highest BCUT2D eigenvalue weighted by atomic mass is 32.2. The molecular formula is C20H18FN3O3S. The van der Waals surface area contributed by atoms with Crippen LogP contribution >= 0.6 is 0 Å². The van der Waals surface area contributed by atoms with E-state index in [2.05, 4.69) is 15.0 Å². The van der Waals surface area contributed by atoms with Crippen molar-refractivity contribution in [3.63, 3.8) is 0 Å². The molecule has 144 valence electrons. The molecule has 2 N–H and O–H groups in total. The molecule has 0 saturated heterocycles. The van der Waals surface area contributed by atoms with Gasteiger partial charge < -0.3 is 5.32 Å². The molecule has 2 aromatic carbocycles. The molecular weight excluding hydrogens is 381 g/mol. The first-order chi connectivity index (χ1) is 13.4. The van der Waals surface area contributed by atoms with Gasteiger partial charge in [0.1, 0.15) is 5.82 Å². The molecule has 1 aromatic heterocycles. The average Bonchev–Trinajstić information content (AvgIpc) is 2.69. The molecule has 3 aromatic rings. The number of benzene rings is 2. The number of para-hydroxylation sites is 1. The van der Waals surface area contributed by atoms with Crippen LogP contribution in [0, 0.1) is 12.7 Å². The summed E-state index contributed by atoms with van der Waals surface area (Å²) in [4.78, 5) is 16.3. The molecule has 1 amide bonds. The van der Waals surface area contributed by atoms with E-state index < -0.39 is 21.7 Å². The van der Waals surface area contributed by atoms with E-state index in [0.717, 1.165) is 11.6 Å².